The lowest BCUT2D eigenvalue weighted by Gasteiger charge is -2.25. The van der Waals surface area contributed by atoms with E-state index in [4.69, 9.17) is 0 Å². The van der Waals surface area contributed by atoms with E-state index < -0.39 is 6.43 Å². The molecule has 7 rings (SSSR count). The van der Waals surface area contributed by atoms with Gasteiger partial charge in [0.25, 0.3) is 12.3 Å². The number of aryl methyl sites for hydroxylation is 2. The fourth-order valence-electron chi connectivity index (χ4n) is 6.18. The van der Waals surface area contributed by atoms with Crippen LogP contribution in [-0.4, -0.2) is 42.8 Å². The summed E-state index contributed by atoms with van der Waals surface area (Å²) in [4.78, 5) is 28.4. The molecule has 4 aliphatic rings. The molecule has 1 amide bonds. The minimum absolute atomic E-state index is 0.0240. The average molecular weight is 556 g/mol. The molecular formula is C27H31F2N7O2S. The van der Waals surface area contributed by atoms with Gasteiger partial charge in [-0.2, -0.15) is 5.10 Å². The number of halogens is 2. The van der Waals surface area contributed by atoms with Crippen molar-refractivity contribution in [1.29, 1.82) is 0 Å². The molecule has 2 atom stereocenters. The van der Waals surface area contributed by atoms with Crippen LogP contribution >= 0.6 is 11.3 Å². The summed E-state index contributed by atoms with van der Waals surface area (Å²) in [6, 6.07) is 1.28. The summed E-state index contributed by atoms with van der Waals surface area (Å²) in [6.45, 7) is 0.702. The monoisotopic (exact) mass is 555 g/mol. The van der Waals surface area contributed by atoms with Crippen LogP contribution in [-0.2, 0) is 31.1 Å². The van der Waals surface area contributed by atoms with Gasteiger partial charge in [0.1, 0.15) is 23.6 Å². The number of amides is 1. The highest BCUT2D eigenvalue weighted by Crippen LogP contribution is 2.70. The van der Waals surface area contributed by atoms with Gasteiger partial charge >= 0.3 is 0 Å². The maximum absolute atomic E-state index is 13.6. The number of carbonyl (C=O) groups is 2. The van der Waals surface area contributed by atoms with Crippen LogP contribution < -0.4 is 10.6 Å². The van der Waals surface area contributed by atoms with Crippen molar-refractivity contribution in [3.8, 4) is 0 Å². The summed E-state index contributed by atoms with van der Waals surface area (Å²) in [6.07, 6.45) is 7.19. The Morgan fingerprint density at radius 2 is 2.08 bits per heavy atom. The summed E-state index contributed by atoms with van der Waals surface area (Å²) in [5.41, 5.74) is 1.91. The third-order valence-electron chi connectivity index (χ3n) is 8.99. The molecule has 0 saturated heterocycles. The van der Waals surface area contributed by atoms with Gasteiger partial charge in [-0.25, -0.2) is 8.78 Å². The molecule has 206 valence electrons. The number of nitrogens with zero attached hydrogens (tertiary/aromatic N) is 5. The molecule has 3 heterocycles. The van der Waals surface area contributed by atoms with E-state index in [2.05, 4.69) is 25.9 Å². The molecule has 0 aliphatic heterocycles. The molecule has 1 spiro atoms. The van der Waals surface area contributed by atoms with E-state index in [9.17, 15) is 18.4 Å². The molecule has 3 fully saturated rings. The predicted molar refractivity (Wildman–Crippen MR) is 140 cm³/mol. The highest BCUT2D eigenvalue weighted by molar-refractivity contribution is 7.12. The Hall–Kier alpha value is -3.15. The van der Waals surface area contributed by atoms with Crippen molar-refractivity contribution in [3.63, 3.8) is 0 Å². The van der Waals surface area contributed by atoms with E-state index in [0.29, 0.717) is 48.0 Å². The van der Waals surface area contributed by atoms with E-state index in [1.807, 2.05) is 4.57 Å². The molecule has 12 heteroatoms. The molecular weight excluding hydrogens is 524 g/mol. The predicted octanol–water partition coefficient (Wildman–Crippen LogP) is 4.54. The number of Topliss-reactive ketones (excluding diaryl/α,β-unsaturated/α-hetero) is 1. The van der Waals surface area contributed by atoms with E-state index in [1.165, 1.54) is 34.9 Å². The Labute approximate surface area is 228 Å². The second kappa shape index (κ2) is 9.21. The van der Waals surface area contributed by atoms with Crippen LogP contribution in [0.4, 0.5) is 20.5 Å². The zero-order valence-electron chi connectivity index (χ0n) is 21.8. The highest BCUT2D eigenvalue weighted by atomic mass is 32.1. The number of aromatic nitrogens is 5. The minimum atomic E-state index is -2.67. The molecule has 3 aromatic rings. The van der Waals surface area contributed by atoms with Crippen LogP contribution in [0, 0.1) is 17.3 Å². The number of nitrogens with one attached hydrogen (secondary N) is 2. The SMILES string of the molecule is Cn1nc(C(F)F)cc1Nc1nncn1[C@H]1CCc2sc(CC(=O)C3CC3)c(C(=O)NCC3CC34CC4)c2C1. The van der Waals surface area contributed by atoms with E-state index in [0.717, 1.165) is 36.1 Å². The van der Waals surface area contributed by atoms with Crippen molar-refractivity contribution < 1.29 is 18.4 Å². The van der Waals surface area contributed by atoms with Crippen molar-refractivity contribution in [2.24, 2.45) is 24.3 Å². The van der Waals surface area contributed by atoms with Gasteiger partial charge in [-0.15, -0.1) is 21.5 Å². The smallest absolute Gasteiger partial charge is 0.282 e. The number of thiophene rings is 1. The Morgan fingerprint density at radius 1 is 1.26 bits per heavy atom. The number of fused-ring (bicyclic) bond motifs is 1. The van der Waals surface area contributed by atoms with Gasteiger partial charge in [-0.3, -0.25) is 18.8 Å². The zero-order valence-corrected chi connectivity index (χ0v) is 22.6. The lowest BCUT2D eigenvalue weighted by molar-refractivity contribution is -0.119. The van der Waals surface area contributed by atoms with Crippen LogP contribution in [0.1, 0.15) is 82.4 Å². The molecule has 2 N–H and O–H groups in total. The van der Waals surface area contributed by atoms with E-state index >= 15 is 0 Å². The maximum atomic E-state index is 13.6. The van der Waals surface area contributed by atoms with Crippen LogP contribution in [0.5, 0.6) is 0 Å². The molecule has 39 heavy (non-hydrogen) atoms. The highest BCUT2D eigenvalue weighted by Gasteiger charge is 2.62. The molecule has 0 radical (unpaired) electrons. The first kappa shape index (κ1) is 24.9. The van der Waals surface area contributed by atoms with Gasteiger partial charge in [-0.1, -0.05) is 0 Å². The first-order valence-electron chi connectivity index (χ1n) is 13.7. The Balaban J connectivity index is 1.13. The summed E-state index contributed by atoms with van der Waals surface area (Å²) in [5.74, 6) is 1.73. The Kier molecular flexibility index (Phi) is 5.87. The fraction of sp³-hybridized carbons (Fsp3) is 0.593. The van der Waals surface area contributed by atoms with Gasteiger partial charge in [0.15, 0.2) is 0 Å². The molecule has 4 aliphatic carbocycles. The Morgan fingerprint density at radius 3 is 2.77 bits per heavy atom. The van der Waals surface area contributed by atoms with Crippen LogP contribution in [0.15, 0.2) is 12.4 Å². The lowest BCUT2D eigenvalue weighted by atomic mass is 9.90. The quantitative estimate of drug-likeness (QED) is 0.381. The Bertz CT molecular complexity index is 1450. The number of anilines is 2. The number of hydrogen-bond acceptors (Lipinski definition) is 7. The van der Waals surface area contributed by atoms with Crippen molar-refractivity contribution >= 4 is 34.8 Å². The van der Waals surface area contributed by atoms with Crippen molar-refractivity contribution in [3.05, 3.63) is 39.0 Å². The normalized spacial score (nSPS) is 22.7. The number of ketones is 1. The third-order valence-corrected chi connectivity index (χ3v) is 10.3. The minimum Gasteiger partial charge on any atom is -0.352 e. The molecule has 3 saturated carbocycles. The standard InChI is InChI=1S/C27H31F2N7O2S/c1-35-22(9-18(34-35)24(28)29)32-26-33-31-13-36(26)16-4-5-20-17(8-16)23(21(39-20)10-19(37)14-2-3-14)25(38)30-12-15-11-27(15)6-7-27/h9,13-16,24H,2-8,10-12H2,1H3,(H,30,38)(H,32,33)/t15?,16-/m0/s1. The van der Waals surface area contributed by atoms with Crippen LogP contribution in [0.2, 0.25) is 0 Å². The number of rotatable bonds is 10. The van der Waals surface area contributed by atoms with Crippen LogP contribution in [0.25, 0.3) is 0 Å². The number of hydrogen-bond donors (Lipinski definition) is 2. The molecule has 3 aromatic heterocycles. The molecule has 9 nitrogen and oxygen atoms in total. The van der Waals surface area contributed by atoms with E-state index in [-0.39, 0.29) is 29.3 Å². The molecule has 1 unspecified atom stereocenters. The van der Waals surface area contributed by atoms with Gasteiger partial charge in [-0.05, 0) is 68.3 Å². The lowest BCUT2D eigenvalue weighted by Crippen LogP contribution is -2.29. The van der Waals surface area contributed by atoms with Gasteiger partial charge in [0.2, 0.25) is 5.95 Å². The fourth-order valence-corrected chi connectivity index (χ4v) is 7.54. The average Bonchev–Trinajstić information content (AvgIpc) is 3.87. The van der Waals surface area contributed by atoms with Gasteiger partial charge in [0, 0.05) is 47.8 Å². The summed E-state index contributed by atoms with van der Waals surface area (Å²) in [7, 11) is 1.59. The van der Waals surface area contributed by atoms with Crippen LogP contribution in [0.3, 0.4) is 0 Å². The molecule has 0 aromatic carbocycles. The second-order valence-electron chi connectivity index (χ2n) is 11.7. The van der Waals surface area contributed by atoms with Gasteiger partial charge in [0.05, 0.1) is 5.56 Å². The maximum Gasteiger partial charge on any atom is 0.282 e. The van der Waals surface area contributed by atoms with Crippen molar-refractivity contribution in [2.75, 3.05) is 11.9 Å². The molecule has 0 bridgehead atoms. The topological polar surface area (TPSA) is 107 Å². The largest absolute Gasteiger partial charge is 0.352 e. The summed E-state index contributed by atoms with van der Waals surface area (Å²) in [5, 5.41) is 18.4. The summed E-state index contributed by atoms with van der Waals surface area (Å²) < 4.78 is 29.5. The summed E-state index contributed by atoms with van der Waals surface area (Å²) >= 11 is 1.62. The number of carbonyl (C=O) groups excluding carboxylic acids is 2. The zero-order chi connectivity index (χ0) is 26.9. The van der Waals surface area contributed by atoms with Crippen molar-refractivity contribution in [2.45, 2.75) is 70.3 Å². The first-order valence-corrected chi connectivity index (χ1v) is 14.6. The van der Waals surface area contributed by atoms with Crippen molar-refractivity contribution in [1.82, 2.24) is 29.9 Å². The first-order chi connectivity index (χ1) is 18.8. The van der Waals surface area contributed by atoms with E-state index in [1.54, 1.807) is 24.7 Å². The number of alkyl halides is 2. The third kappa shape index (κ3) is 4.66. The second-order valence-corrected chi connectivity index (χ2v) is 12.8. The van der Waals surface area contributed by atoms with Gasteiger partial charge < -0.3 is 10.6 Å².